The number of fused-ring (bicyclic) bond motifs is 3. The molecule has 0 unspecified atom stereocenters. The molecule has 236 valence electrons. The number of para-hydroxylation sites is 2. The van der Waals surface area contributed by atoms with Gasteiger partial charge in [-0.15, -0.1) is 0 Å². The minimum atomic E-state index is 0.346. The van der Waals surface area contributed by atoms with Gasteiger partial charge in [0.15, 0.2) is 17.5 Å². The van der Waals surface area contributed by atoms with Gasteiger partial charge in [-0.2, -0.15) is 5.26 Å². The van der Waals surface area contributed by atoms with E-state index in [4.69, 9.17) is 15.0 Å². The van der Waals surface area contributed by atoms with Crippen LogP contribution in [0.3, 0.4) is 0 Å². The third kappa shape index (κ3) is 4.62. The largest absolute Gasteiger partial charge is 0.308 e. The maximum atomic E-state index is 9.77. The van der Waals surface area contributed by atoms with Crippen LogP contribution in [0, 0.1) is 29.1 Å². The predicted molar refractivity (Wildman–Crippen MR) is 195 cm³/mol. The molecule has 4 aliphatic rings. The molecule has 5 nitrogen and oxygen atoms in total. The Morgan fingerprint density at radius 2 is 1.20 bits per heavy atom. The molecule has 5 aromatic carbocycles. The second-order valence-electron chi connectivity index (χ2n) is 14.7. The monoisotopic (exact) mass is 633 g/mol. The minimum absolute atomic E-state index is 0.346. The van der Waals surface area contributed by atoms with Crippen molar-refractivity contribution >= 4 is 21.8 Å². The first-order valence-corrected chi connectivity index (χ1v) is 17.6. The highest BCUT2D eigenvalue weighted by atomic mass is 15.0. The van der Waals surface area contributed by atoms with Crippen molar-refractivity contribution in [3.63, 3.8) is 0 Å². The van der Waals surface area contributed by atoms with Crippen LogP contribution in [0.15, 0.2) is 121 Å². The van der Waals surface area contributed by atoms with E-state index in [0.717, 1.165) is 61.9 Å². The number of benzene rings is 5. The zero-order chi connectivity index (χ0) is 32.5. The third-order valence-electron chi connectivity index (χ3n) is 11.6. The van der Waals surface area contributed by atoms with Gasteiger partial charge in [0.25, 0.3) is 0 Å². The Morgan fingerprint density at radius 3 is 1.86 bits per heavy atom. The van der Waals surface area contributed by atoms with E-state index < -0.39 is 0 Å². The van der Waals surface area contributed by atoms with Crippen LogP contribution < -0.4 is 0 Å². The second-order valence-corrected chi connectivity index (χ2v) is 14.7. The van der Waals surface area contributed by atoms with Gasteiger partial charge >= 0.3 is 0 Å². The van der Waals surface area contributed by atoms with E-state index in [0.29, 0.717) is 28.5 Å². The van der Waals surface area contributed by atoms with Gasteiger partial charge in [-0.05, 0) is 104 Å². The SMILES string of the molecule is N#Cc1ccc2c(c1)c1cccc(-c3nc(-c4ccccc4)nc(-c4ccc(C56CC7CC(CC(C7)C5)C6)cc4)n3)c1n2-c1ccccc1. The molecule has 49 heavy (non-hydrogen) atoms. The molecular weight excluding hydrogens is 599 g/mol. The molecule has 0 saturated heterocycles. The summed E-state index contributed by atoms with van der Waals surface area (Å²) < 4.78 is 2.27. The van der Waals surface area contributed by atoms with Gasteiger partial charge in [0.05, 0.1) is 22.7 Å². The fourth-order valence-electron chi connectivity index (χ4n) is 9.94. The van der Waals surface area contributed by atoms with Gasteiger partial charge in [0, 0.05) is 33.2 Å². The van der Waals surface area contributed by atoms with E-state index in [1.54, 1.807) is 0 Å². The highest BCUT2D eigenvalue weighted by Gasteiger charge is 2.51. The fraction of sp³-hybridized carbons (Fsp3) is 0.227. The molecule has 11 rings (SSSR count). The summed E-state index contributed by atoms with van der Waals surface area (Å²) in [7, 11) is 0. The molecule has 2 heterocycles. The average Bonchev–Trinajstić information content (AvgIpc) is 3.49. The quantitative estimate of drug-likeness (QED) is 0.189. The predicted octanol–water partition coefficient (Wildman–Crippen LogP) is 10.3. The summed E-state index contributed by atoms with van der Waals surface area (Å²) in [6.07, 6.45) is 8.39. The van der Waals surface area contributed by atoms with Crippen molar-refractivity contribution in [1.82, 2.24) is 19.5 Å². The molecule has 4 bridgehead atoms. The van der Waals surface area contributed by atoms with Gasteiger partial charge < -0.3 is 4.57 Å². The number of hydrogen-bond donors (Lipinski definition) is 0. The Balaban J connectivity index is 1.16. The first-order valence-electron chi connectivity index (χ1n) is 17.6. The van der Waals surface area contributed by atoms with Gasteiger partial charge in [-0.1, -0.05) is 84.9 Å². The molecule has 2 aromatic heterocycles. The van der Waals surface area contributed by atoms with Crippen molar-refractivity contribution < 1.29 is 0 Å². The Kier molecular flexibility index (Phi) is 6.36. The zero-order valence-electron chi connectivity index (χ0n) is 27.3. The van der Waals surface area contributed by atoms with Crippen molar-refractivity contribution in [1.29, 1.82) is 5.26 Å². The van der Waals surface area contributed by atoms with E-state index in [1.165, 1.54) is 44.1 Å². The molecule has 0 amide bonds. The normalized spacial score (nSPS) is 22.5. The lowest BCUT2D eigenvalue weighted by atomic mass is 9.48. The van der Waals surface area contributed by atoms with Gasteiger partial charge in [-0.25, -0.2) is 15.0 Å². The summed E-state index contributed by atoms with van der Waals surface area (Å²) in [5.41, 5.74) is 8.43. The molecule has 0 atom stereocenters. The Hall–Kier alpha value is -5.60. The number of hydrogen-bond acceptors (Lipinski definition) is 4. The van der Waals surface area contributed by atoms with E-state index >= 15 is 0 Å². The Morgan fingerprint density at radius 1 is 0.592 bits per heavy atom. The molecule has 0 aliphatic heterocycles. The summed E-state index contributed by atoms with van der Waals surface area (Å²) in [4.78, 5) is 15.4. The number of aromatic nitrogens is 4. The van der Waals surface area contributed by atoms with Gasteiger partial charge in [-0.3, -0.25) is 0 Å². The van der Waals surface area contributed by atoms with E-state index in [1.807, 2.05) is 42.5 Å². The highest BCUT2D eigenvalue weighted by molar-refractivity contribution is 6.13. The fourth-order valence-corrected chi connectivity index (χ4v) is 9.94. The van der Waals surface area contributed by atoms with Crippen molar-refractivity contribution in [3.05, 3.63) is 132 Å². The van der Waals surface area contributed by atoms with Crippen LogP contribution in [0.5, 0.6) is 0 Å². The van der Waals surface area contributed by atoms with E-state index in [9.17, 15) is 5.26 Å². The lowest BCUT2D eigenvalue weighted by Crippen LogP contribution is -2.48. The lowest BCUT2D eigenvalue weighted by Gasteiger charge is -2.57. The second kappa shape index (κ2) is 11.0. The number of rotatable bonds is 5. The van der Waals surface area contributed by atoms with Crippen LogP contribution in [0.4, 0.5) is 0 Å². The Bertz CT molecular complexity index is 2380. The molecule has 4 aliphatic carbocycles. The van der Waals surface area contributed by atoms with Crippen LogP contribution in [-0.2, 0) is 5.41 Å². The van der Waals surface area contributed by atoms with E-state index in [-0.39, 0.29) is 0 Å². The summed E-state index contributed by atoms with van der Waals surface area (Å²) in [5, 5.41) is 11.8. The summed E-state index contributed by atoms with van der Waals surface area (Å²) >= 11 is 0. The minimum Gasteiger partial charge on any atom is -0.308 e. The summed E-state index contributed by atoms with van der Waals surface area (Å²) in [6.45, 7) is 0. The summed E-state index contributed by atoms with van der Waals surface area (Å²) in [5.74, 6) is 4.67. The molecule has 4 saturated carbocycles. The first kappa shape index (κ1) is 28.4. The standard InChI is InChI=1S/C44H35N5/c45-27-28-14-19-39-38(23-28)36-12-7-13-37(40(36)49(39)35-10-5-2-6-11-35)43-47-41(32-8-3-1-4-9-32)46-42(48-43)33-15-17-34(18-16-33)44-24-29-20-30(25-44)22-31(21-29)26-44/h1-19,23,29-31H,20-22,24-26H2. The zero-order valence-corrected chi connectivity index (χ0v) is 27.3. The van der Waals surface area contributed by atoms with Crippen molar-refractivity contribution in [2.75, 3.05) is 0 Å². The molecular formula is C44H35N5. The summed E-state index contributed by atoms with van der Waals surface area (Å²) in [6, 6.07) is 44.4. The smallest absolute Gasteiger partial charge is 0.166 e. The van der Waals surface area contributed by atoms with Crippen molar-refractivity contribution in [2.45, 2.75) is 43.9 Å². The molecule has 0 N–H and O–H groups in total. The average molecular weight is 634 g/mol. The number of nitriles is 1. The van der Waals surface area contributed by atoms with Crippen LogP contribution in [0.2, 0.25) is 0 Å². The maximum absolute atomic E-state index is 9.77. The van der Waals surface area contributed by atoms with Crippen LogP contribution >= 0.6 is 0 Å². The van der Waals surface area contributed by atoms with Crippen LogP contribution in [0.25, 0.3) is 61.7 Å². The number of nitrogens with zero attached hydrogens (tertiary/aromatic N) is 5. The molecule has 5 heteroatoms. The highest BCUT2D eigenvalue weighted by Crippen LogP contribution is 2.60. The van der Waals surface area contributed by atoms with Crippen molar-refractivity contribution in [2.24, 2.45) is 17.8 Å². The van der Waals surface area contributed by atoms with Gasteiger partial charge in [0.2, 0.25) is 0 Å². The Labute approximate surface area is 285 Å². The topological polar surface area (TPSA) is 67.4 Å². The van der Waals surface area contributed by atoms with Crippen molar-refractivity contribution in [3.8, 4) is 45.9 Å². The molecule has 0 spiro atoms. The van der Waals surface area contributed by atoms with Crippen LogP contribution in [0.1, 0.15) is 49.7 Å². The molecule has 4 fully saturated rings. The van der Waals surface area contributed by atoms with Gasteiger partial charge in [0.1, 0.15) is 0 Å². The van der Waals surface area contributed by atoms with Crippen LogP contribution in [-0.4, -0.2) is 19.5 Å². The third-order valence-corrected chi connectivity index (χ3v) is 11.6. The molecule has 7 aromatic rings. The lowest BCUT2D eigenvalue weighted by molar-refractivity contribution is -0.00518. The maximum Gasteiger partial charge on any atom is 0.166 e. The first-order chi connectivity index (χ1) is 24.1. The van der Waals surface area contributed by atoms with E-state index in [2.05, 4.69) is 89.5 Å². The molecule has 0 radical (unpaired) electrons.